The van der Waals surface area contributed by atoms with Gasteiger partial charge in [-0.25, -0.2) is 15.0 Å². The molecule has 0 radical (unpaired) electrons. The fourth-order valence-corrected chi connectivity index (χ4v) is 2.68. The number of hydrogen-bond donors (Lipinski definition) is 1. The molecule has 2 aromatic heterocycles. The molecule has 0 aliphatic carbocycles. The minimum Gasteiger partial charge on any atom is -0.307 e. The van der Waals surface area contributed by atoms with Crippen molar-refractivity contribution in [3.63, 3.8) is 0 Å². The van der Waals surface area contributed by atoms with Gasteiger partial charge in [0.25, 0.3) is 0 Å². The molecular formula is C13H12Cl2N4. The van der Waals surface area contributed by atoms with Crippen LogP contribution in [-0.4, -0.2) is 15.0 Å². The number of halogens is 2. The minimum absolute atomic E-state index is 0.473. The third kappa shape index (κ3) is 2.31. The van der Waals surface area contributed by atoms with E-state index < -0.39 is 0 Å². The molecule has 2 aromatic rings. The molecule has 0 spiro atoms. The van der Waals surface area contributed by atoms with Crippen molar-refractivity contribution in [2.45, 2.75) is 26.4 Å². The van der Waals surface area contributed by atoms with Gasteiger partial charge >= 0.3 is 0 Å². The average molecular weight is 295 g/mol. The Balaban J connectivity index is 2.15. The SMILES string of the molecule is CCc1nc(-c2ncc(Cl)cc2Cl)nc2c1CNC2. The quantitative estimate of drug-likeness (QED) is 0.925. The standard InChI is InChI=1S/C13H12Cl2N4/c1-2-10-8-5-16-6-11(8)19-13(18-10)12-9(15)3-7(14)4-17-12/h3-4,16H,2,5-6H2,1H3. The topological polar surface area (TPSA) is 50.7 Å². The van der Waals surface area contributed by atoms with Crippen LogP contribution in [0.25, 0.3) is 11.5 Å². The number of fused-ring (bicyclic) bond motifs is 1. The van der Waals surface area contributed by atoms with E-state index in [-0.39, 0.29) is 0 Å². The molecule has 0 unspecified atom stereocenters. The summed E-state index contributed by atoms with van der Waals surface area (Å²) in [5.74, 6) is 0.570. The molecule has 0 saturated carbocycles. The van der Waals surface area contributed by atoms with Gasteiger partial charge in [0.2, 0.25) is 0 Å². The Kier molecular flexibility index (Phi) is 3.39. The van der Waals surface area contributed by atoms with Gasteiger partial charge in [-0.05, 0) is 12.5 Å². The number of nitrogens with one attached hydrogen (secondary N) is 1. The molecular weight excluding hydrogens is 283 g/mol. The van der Waals surface area contributed by atoms with E-state index in [0.29, 0.717) is 21.6 Å². The summed E-state index contributed by atoms with van der Waals surface area (Å²) in [6.45, 7) is 3.69. The maximum atomic E-state index is 6.17. The average Bonchev–Trinajstić information content (AvgIpc) is 2.85. The van der Waals surface area contributed by atoms with Crippen LogP contribution < -0.4 is 5.32 Å². The molecule has 98 valence electrons. The third-order valence-electron chi connectivity index (χ3n) is 3.13. The lowest BCUT2D eigenvalue weighted by molar-refractivity contribution is 0.755. The van der Waals surface area contributed by atoms with E-state index in [2.05, 4.69) is 27.2 Å². The summed E-state index contributed by atoms with van der Waals surface area (Å²) < 4.78 is 0. The zero-order valence-corrected chi connectivity index (χ0v) is 11.9. The van der Waals surface area contributed by atoms with Crippen LogP contribution in [0, 0.1) is 0 Å². The summed E-state index contributed by atoms with van der Waals surface area (Å²) in [4.78, 5) is 13.4. The maximum Gasteiger partial charge on any atom is 0.180 e. The minimum atomic E-state index is 0.473. The van der Waals surface area contributed by atoms with E-state index >= 15 is 0 Å². The molecule has 19 heavy (non-hydrogen) atoms. The highest BCUT2D eigenvalue weighted by Crippen LogP contribution is 2.28. The molecule has 1 aliphatic heterocycles. The molecule has 1 N–H and O–H groups in total. The van der Waals surface area contributed by atoms with Crippen LogP contribution in [0.5, 0.6) is 0 Å². The van der Waals surface area contributed by atoms with Gasteiger partial charge in [0.15, 0.2) is 5.82 Å². The first-order valence-corrected chi connectivity index (χ1v) is 6.85. The van der Waals surface area contributed by atoms with Crippen LogP contribution in [0.15, 0.2) is 12.3 Å². The first-order chi connectivity index (χ1) is 9.19. The van der Waals surface area contributed by atoms with Gasteiger partial charge in [0.1, 0.15) is 5.69 Å². The van der Waals surface area contributed by atoms with Crippen LogP contribution in [-0.2, 0) is 19.5 Å². The first-order valence-electron chi connectivity index (χ1n) is 6.10. The second kappa shape index (κ2) is 5.04. The Morgan fingerprint density at radius 1 is 1.26 bits per heavy atom. The zero-order valence-electron chi connectivity index (χ0n) is 10.4. The highest BCUT2D eigenvalue weighted by atomic mass is 35.5. The molecule has 4 nitrogen and oxygen atoms in total. The molecule has 3 heterocycles. The molecule has 3 rings (SSSR count). The number of hydrogen-bond acceptors (Lipinski definition) is 4. The Bertz CT molecular complexity index is 643. The van der Waals surface area contributed by atoms with Gasteiger partial charge in [-0.3, -0.25) is 0 Å². The predicted molar refractivity (Wildman–Crippen MR) is 75.2 cm³/mol. The highest BCUT2D eigenvalue weighted by molar-refractivity contribution is 6.35. The molecule has 0 aromatic carbocycles. The lowest BCUT2D eigenvalue weighted by atomic mass is 10.1. The summed E-state index contributed by atoms with van der Waals surface area (Å²) in [6, 6.07) is 1.66. The molecule has 0 amide bonds. The number of nitrogens with zero attached hydrogens (tertiary/aromatic N) is 3. The summed E-state index contributed by atoms with van der Waals surface area (Å²) in [6.07, 6.45) is 2.42. The van der Waals surface area contributed by atoms with E-state index in [1.54, 1.807) is 12.3 Å². The van der Waals surface area contributed by atoms with E-state index in [0.717, 1.165) is 30.9 Å². The van der Waals surface area contributed by atoms with Gasteiger partial charge in [0, 0.05) is 30.5 Å². The van der Waals surface area contributed by atoms with Gasteiger partial charge in [0.05, 0.1) is 15.7 Å². The Hall–Kier alpha value is -1.23. The highest BCUT2D eigenvalue weighted by Gasteiger charge is 2.20. The van der Waals surface area contributed by atoms with Crippen molar-refractivity contribution < 1.29 is 0 Å². The molecule has 0 bridgehead atoms. The first kappa shape index (κ1) is 12.8. The van der Waals surface area contributed by atoms with Crippen molar-refractivity contribution in [2.75, 3.05) is 0 Å². The van der Waals surface area contributed by atoms with E-state index in [9.17, 15) is 0 Å². The van der Waals surface area contributed by atoms with Crippen LogP contribution in [0.3, 0.4) is 0 Å². The predicted octanol–water partition coefficient (Wildman–Crippen LogP) is 3.01. The zero-order chi connectivity index (χ0) is 13.4. The van der Waals surface area contributed by atoms with E-state index in [4.69, 9.17) is 23.2 Å². The van der Waals surface area contributed by atoms with Gasteiger partial charge in [-0.2, -0.15) is 0 Å². The van der Waals surface area contributed by atoms with Crippen molar-refractivity contribution in [2.24, 2.45) is 0 Å². The number of rotatable bonds is 2. The summed E-state index contributed by atoms with van der Waals surface area (Å²) in [5, 5.41) is 4.27. The monoisotopic (exact) mass is 294 g/mol. The summed E-state index contributed by atoms with van der Waals surface area (Å²) in [7, 11) is 0. The Morgan fingerprint density at radius 3 is 2.84 bits per heavy atom. The number of pyridine rings is 1. The summed E-state index contributed by atoms with van der Waals surface area (Å²) in [5.41, 5.74) is 3.87. The molecule has 1 aliphatic rings. The van der Waals surface area contributed by atoms with Crippen molar-refractivity contribution in [3.8, 4) is 11.5 Å². The smallest absolute Gasteiger partial charge is 0.180 e. The largest absolute Gasteiger partial charge is 0.307 e. The molecule has 0 atom stereocenters. The van der Waals surface area contributed by atoms with Gasteiger partial charge in [-0.15, -0.1) is 0 Å². The van der Waals surface area contributed by atoms with Crippen molar-refractivity contribution >= 4 is 23.2 Å². The number of aromatic nitrogens is 3. The molecule has 0 fully saturated rings. The second-order valence-electron chi connectivity index (χ2n) is 4.36. The van der Waals surface area contributed by atoms with Crippen LogP contribution in [0.2, 0.25) is 10.0 Å². The van der Waals surface area contributed by atoms with Crippen molar-refractivity contribution in [1.29, 1.82) is 0 Å². The fourth-order valence-electron chi connectivity index (χ4n) is 2.22. The maximum absolute atomic E-state index is 6.17. The fraction of sp³-hybridized carbons (Fsp3) is 0.308. The molecule has 0 saturated heterocycles. The van der Waals surface area contributed by atoms with Gasteiger partial charge in [-0.1, -0.05) is 30.1 Å². The second-order valence-corrected chi connectivity index (χ2v) is 5.20. The Morgan fingerprint density at radius 2 is 2.11 bits per heavy atom. The van der Waals surface area contributed by atoms with E-state index in [1.165, 1.54) is 5.56 Å². The van der Waals surface area contributed by atoms with E-state index in [1.807, 2.05) is 0 Å². The lowest BCUT2D eigenvalue weighted by Crippen LogP contribution is -2.03. The lowest BCUT2D eigenvalue weighted by Gasteiger charge is -2.08. The van der Waals surface area contributed by atoms with Crippen molar-refractivity contribution in [3.05, 3.63) is 39.3 Å². The van der Waals surface area contributed by atoms with Gasteiger partial charge < -0.3 is 5.32 Å². The Labute approximate surface area is 121 Å². The van der Waals surface area contributed by atoms with Crippen LogP contribution in [0.4, 0.5) is 0 Å². The summed E-state index contributed by atoms with van der Waals surface area (Å²) >= 11 is 12.0. The number of aryl methyl sites for hydroxylation is 1. The van der Waals surface area contributed by atoms with Crippen LogP contribution in [0.1, 0.15) is 23.9 Å². The third-order valence-corrected chi connectivity index (χ3v) is 3.62. The van der Waals surface area contributed by atoms with Crippen LogP contribution >= 0.6 is 23.2 Å². The molecule has 6 heteroatoms. The van der Waals surface area contributed by atoms with Crippen molar-refractivity contribution in [1.82, 2.24) is 20.3 Å². The normalized spacial score (nSPS) is 13.6.